The van der Waals surface area contributed by atoms with E-state index in [9.17, 15) is 0 Å². The third-order valence-electron chi connectivity index (χ3n) is 4.03. The van der Waals surface area contributed by atoms with Crippen molar-refractivity contribution in [2.75, 3.05) is 13.2 Å². The van der Waals surface area contributed by atoms with Gasteiger partial charge in [0.2, 0.25) is 0 Å². The van der Waals surface area contributed by atoms with E-state index in [1.807, 2.05) is 13.0 Å². The Hall–Kier alpha value is -1.02. The van der Waals surface area contributed by atoms with Gasteiger partial charge in [0.1, 0.15) is 5.75 Å². The molecule has 1 saturated carbocycles. The highest BCUT2D eigenvalue weighted by Crippen LogP contribution is 2.30. The molecule has 0 saturated heterocycles. The Morgan fingerprint density at radius 1 is 1.28 bits per heavy atom. The number of benzene rings is 1. The predicted octanol–water partition coefficient (Wildman–Crippen LogP) is 3.61. The van der Waals surface area contributed by atoms with Gasteiger partial charge in [0.25, 0.3) is 0 Å². The third kappa shape index (κ3) is 3.49. The summed E-state index contributed by atoms with van der Waals surface area (Å²) in [6.07, 6.45) is 4.20. The molecule has 1 N–H and O–H groups in total. The number of nitrogens with one attached hydrogen (secondary N) is 1. The highest BCUT2D eigenvalue weighted by molar-refractivity contribution is 5.33. The fourth-order valence-corrected chi connectivity index (χ4v) is 2.86. The van der Waals surface area contributed by atoms with Crippen LogP contribution in [0.15, 0.2) is 24.3 Å². The number of hydrogen-bond acceptors (Lipinski definition) is 2. The monoisotopic (exact) mass is 247 g/mol. The van der Waals surface area contributed by atoms with Crippen LogP contribution in [-0.4, -0.2) is 13.2 Å². The molecule has 0 amide bonds. The molecule has 0 aliphatic heterocycles. The van der Waals surface area contributed by atoms with Crippen LogP contribution in [0.3, 0.4) is 0 Å². The van der Waals surface area contributed by atoms with Crippen molar-refractivity contribution < 1.29 is 4.74 Å². The van der Waals surface area contributed by atoms with Crippen LogP contribution in [0.2, 0.25) is 0 Å². The summed E-state index contributed by atoms with van der Waals surface area (Å²) in [5.41, 5.74) is 1.27. The minimum absolute atomic E-state index is 0.733. The van der Waals surface area contributed by atoms with Gasteiger partial charge in [-0.25, -0.2) is 0 Å². The number of rotatable bonds is 6. The standard InChI is InChI=1S/C16H25NO/c1-3-18-16-10-5-4-8-15(16)12-17-11-14-9-6-7-13(14)2/h4-5,8,10,13-14,17H,3,6-7,9,11-12H2,1-2H3. The average Bonchev–Trinajstić information content (AvgIpc) is 2.78. The summed E-state index contributed by atoms with van der Waals surface area (Å²) in [5.74, 6) is 2.77. The molecular formula is C16H25NO. The van der Waals surface area contributed by atoms with E-state index in [2.05, 4.69) is 30.4 Å². The lowest BCUT2D eigenvalue weighted by Crippen LogP contribution is -2.24. The van der Waals surface area contributed by atoms with E-state index in [0.717, 1.165) is 37.3 Å². The molecule has 1 aromatic rings. The minimum Gasteiger partial charge on any atom is -0.494 e. The lowest BCUT2D eigenvalue weighted by atomic mass is 9.98. The molecule has 0 heterocycles. The maximum Gasteiger partial charge on any atom is 0.123 e. The molecule has 1 aliphatic rings. The van der Waals surface area contributed by atoms with Gasteiger partial charge in [0.15, 0.2) is 0 Å². The fourth-order valence-electron chi connectivity index (χ4n) is 2.86. The zero-order valence-corrected chi connectivity index (χ0v) is 11.6. The van der Waals surface area contributed by atoms with E-state index >= 15 is 0 Å². The highest BCUT2D eigenvalue weighted by atomic mass is 16.5. The van der Waals surface area contributed by atoms with Crippen molar-refractivity contribution in [1.82, 2.24) is 5.32 Å². The van der Waals surface area contributed by atoms with Crippen LogP contribution < -0.4 is 10.1 Å². The molecule has 1 aromatic carbocycles. The Labute approximate surface area is 111 Å². The van der Waals surface area contributed by atoms with E-state index in [1.54, 1.807) is 0 Å². The van der Waals surface area contributed by atoms with Crippen LogP contribution in [0.25, 0.3) is 0 Å². The molecule has 2 heteroatoms. The molecule has 2 atom stereocenters. The average molecular weight is 247 g/mol. The largest absolute Gasteiger partial charge is 0.494 e. The van der Waals surface area contributed by atoms with Gasteiger partial charge in [0, 0.05) is 12.1 Å². The second-order valence-corrected chi connectivity index (χ2v) is 5.34. The van der Waals surface area contributed by atoms with Gasteiger partial charge in [-0.3, -0.25) is 0 Å². The van der Waals surface area contributed by atoms with Crippen molar-refractivity contribution in [2.24, 2.45) is 11.8 Å². The Kier molecular flexibility index (Phi) is 5.06. The molecule has 0 aromatic heterocycles. The number of hydrogen-bond donors (Lipinski definition) is 1. The Balaban J connectivity index is 1.82. The van der Waals surface area contributed by atoms with Crippen LogP contribution in [0.5, 0.6) is 5.75 Å². The van der Waals surface area contributed by atoms with E-state index in [0.29, 0.717) is 0 Å². The molecule has 2 nitrogen and oxygen atoms in total. The normalized spacial score (nSPS) is 23.2. The maximum absolute atomic E-state index is 5.64. The first-order valence-corrected chi connectivity index (χ1v) is 7.22. The molecule has 1 fully saturated rings. The molecule has 0 bridgehead atoms. The molecule has 2 unspecified atom stereocenters. The van der Waals surface area contributed by atoms with E-state index in [-0.39, 0.29) is 0 Å². The van der Waals surface area contributed by atoms with Crippen LogP contribution in [-0.2, 0) is 6.54 Å². The van der Waals surface area contributed by atoms with Crippen molar-refractivity contribution in [2.45, 2.75) is 39.7 Å². The number of para-hydroxylation sites is 1. The lowest BCUT2D eigenvalue weighted by Gasteiger charge is -2.17. The predicted molar refractivity (Wildman–Crippen MR) is 75.8 cm³/mol. The summed E-state index contributed by atoms with van der Waals surface area (Å²) < 4.78 is 5.64. The smallest absolute Gasteiger partial charge is 0.123 e. The van der Waals surface area contributed by atoms with E-state index in [4.69, 9.17) is 4.74 Å². The van der Waals surface area contributed by atoms with E-state index in [1.165, 1.54) is 24.8 Å². The van der Waals surface area contributed by atoms with Gasteiger partial charge in [0.05, 0.1) is 6.61 Å². The molecular weight excluding hydrogens is 222 g/mol. The summed E-state index contributed by atoms with van der Waals surface area (Å²) in [4.78, 5) is 0. The SMILES string of the molecule is CCOc1ccccc1CNCC1CCCC1C. The first kappa shape index (κ1) is 13.4. The van der Waals surface area contributed by atoms with E-state index < -0.39 is 0 Å². The molecule has 18 heavy (non-hydrogen) atoms. The van der Waals surface area contributed by atoms with Gasteiger partial charge < -0.3 is 10.1 Å². The van der Waals surface area contributed by atoms with Gasteiger partial charge >= 0.3 is 0 Å². The zero-order valence-electron chi connectivity index (χ0n) is 11.6. The quantitative estimate of drug-likeness (QED) is 0.829. The van der Waals surface area contributed by atoms with Crippen LogP contribution >= 0.6 is 0 Å². The summed E-state index contributed by atoms with van der Waals surface area (Å²) in [5, 5.41) is 3.59. The molecule has 0 spiro atoms. The number of ether oxygens (including phenoxy) is 1. The second kappa shape index (κ2) is 6.79. The fraction of sp³-hybridized carbons (Fsp3) is 0.625. The molecule has 0 radical (unpaired) electrons. The third-order valence-corrected chi connectivity index (χ3v) is 4.03. The highest BCUT2D eigenvalue weighted by Gasteiger charge is 2.22. The summed E-state index contributed by atoms with van der Waals surface area (Å²) in [7, 11) is 0. The molecule has 1 aliphatic carbocycles. The lowest BCUT2D eigenvalue weighted by molar-refractivity contribution is 0.333. The Morgan fingerprint density at radius 3 is 2.83 bits per heavy atom. The minimum atomic E-state index is 0.733. The zero-order chi connectivity index (χ0) is 12.8. The van der Waals surface area contributed by atoms with Crippen molar-refractivity contribution in [3.05, 3.63) is 29.8 Å². The van der Waals surface area contributed by atoms with Gasteiger partial charge in [-0.2, -0.15) is 0 Å². The van der Waals surface area contributed by atoms with Crippen molar-refractivity contribution in [3.8, 4) is 5.75 Å². The van der Waals surface area contributed by atoms with Crippen LogP contribution in [0.4, 0.5) is 0 Å². The van der Waals surface area contributed by atoms with Crippen LogP contribution in [0, 0.1) is 11.8 Å². The van der Waals surface area contributed by atoms with Gasteiger partial charge in [-0.15, -0.1) is 0 Å². The van der Waals surface area contributed by atoms with Crippen molar-refractivity contribution >= 4 is 0 Å². The maximum atomic E-state index is 5.64. The van der Waals surface area contributed by atoms with Crippen molar-refractivity contribution in [3.63, 3.8) is 0 Å². The molecule has 100 valence electrons. The van der Waals surface area contributed by atoms with Crippen molar-refractivity contribution in [1.29, 1.82) is 0 Å². The van der Waals surface area contributed by atoms with Gasteiger partial charge in [-0.05, 0) is 37.8 Å². The topological polar surface area (TPSA) is 21.3 Å². The van der Waals surface area contributed by atoms with Gasteiger partial charge in [-0.1, -0.05) is 38.0 Å². The Bertz CT molecular complexity index is 364. The summed E-state index contributed by atoms with van der Waals surface area (Å²) in [6.45, 7) is 7.20. The Morgan fingerprint density at radius 2 is 2.11 bits per heavy atom. The second-order valence-electron chi connectivity index (χ2n) is 5.34. The first-order chi connectivity index (χ1) is 8.81. The van der Waals surface area contributed by atoms with Crippen LogP contribution in [0.1, 0.15) is 38.7 Å². The summed E-state index contributed by atoms with van der Waals surface area (Å²) >= 11 is 0. The molecule has 2 rings (SSSR count). The first-order valence-electron chi connectivity index (χ1n) is 7.22. The summed E-state index contributed by atoms with van der Waals surface area (Å²) in [6, 6.07) is 8.32.